The Balaban J connectivity index is 1.65. The molecule has 220 valence electrons. The molecule has 13 heteroatoms. The molecule has 1 aromatic heterocycles. The highest BCUT2D eigenvalue weighted by atomic mass is 32.1. The molecule has 1 aliphatic heterocycles. The second-order valence-corrected chi connectivity index (χ2v) is 10.6. The number of rotatable bonds is 9. The van der Waals surface area contributed by atoms with E-state index in [9.17, 15) is 40.3 Å². The minimum Gasteiger partial charge on any atom is -0.376 e. The lowest BCUT2D eigenvalue weighted by Gasteiger charge is -2.29. The van der Waals surface area contributed by atoms with Crippen molar-refractivity contribution in [2.75, 3.05) is 19.7 Å². The zero-order valence-corrected chi connectivity index (χ0v) is 22.3. The van der Waals surface area contributed by atoms with E-state index in [1.54, 1.807) is 17.5 Å². The van der Waals surface area contributed by atoms with E-state index in [0.717, 1.165) is 9.78 Å². The summed E-state index contributed by atoms with van der Waals surface area (Å²) in [7, 11) is 0. The molecule has 0 radical (unpaired) electrons. The number of alkyl halides is 6. The van der Waals surface area contributed by atoms with Gasteiger partial charge in [-0.25, -0.2) is 4.39 Å². The van der Waals surface area contributed by atoms with Gasteiger partial charge in [0.1, 0.15) is 12.4 Å². The standard InChI is InChI=1S/C28H25F7N2O3S/c29-22-7-5-18(6-8-22)14-36(16-24-4-2-10-41-24)25(38)17-37(15-23-3-1-9-40-23)26(39)19-11-20(27(30,31)32)13-21(12-19)28(33,34)35/h2,4-8,10-13,23H,1,3,9,14-17H2. The number of benzene rings is 2. The van der Waals surface area contributed by atoms with E-state index in [4.69, 9.17) is 4.74 Å². The van der Waals surface area contributed by atoms with Crippen molar-refractivity contribution in [2.45, 2.75) is 44.4 Å². The summed E-state index contributed by atoms with van der Waals surface area (Å²) in [6.07, 6.45) is -9.67. The molecule has 1 unspecified atom stereocenters. The van der Waals surface area contributed by atoms with Crippen LogP contribution in [0, 0.1) is 5.82 Å². The fourth-order valence-corrected chi connectivity index (χ4v) is 5.13. The SMILES string of the molecule is O=C(CN(CC1CCCO1)C(=O)c1cc(C(F)(F)F)cc(C(F)(F)F)c1)N(Cc1ccc(F)cc1)Cc1cccs1. The van der Waals surface area contributed by atoms with Gasteiger partial charge in [0.15, 0.2) is 0 Å². The molecular formula is C28H25F7N2O3S. The monoisotopic (exact) mass is 602 g/mol. The maximum Gasteiger partial charge on any atom is 0.416 e. The van der Waals surface area contributed by atoms with Gasteiger partial charge in [-0.1, -0.05) is 18.2 Å². The van der Waals surface area contributed by atoms with Crippen molar-refractivity contribution in [1.29, 1.82) is 0 Å². The average molecular weight is 603 g/mol. The summed E-state index contributed by atoms with van der Waals surface area (Å²) in [5, 5.41) is 1.80. The molecule has 1 fully saturated rings. The lowest BCUT2D eigenvalue weighted by molar-refractivity contribution is -0.143. The van der Waals surface area contributed by atoms with Crippen LogP contribution in [0.1, 0.15) is 44.8 Å². The summed E-state index contributed by atoms with van der Waals surface area (Å²) >= 11 is 1.37. The first-order valence-corrected chi connectivity index (χ1v) is 13.4. The molecular weight excluding hydrogens is 577 g/mol. The zero-order valence-electron chi connectivity index (χ0n) is 21.5. The van der Waals surface area contributed by atoms with Crippen LogP contribution in [-0.4, -0.2) is 47.4 Å². The second-order valence-electron chi connectivity index (χ2n) is 9.57. The molecule has 0 aliphatic carbocycles. The van der Waals surface area contributed by atoms with Gasteiger partial charge in [0.25, 0.3) is 5.91 Å². The Labute approximate surface area is 235 Å². The molecule has 2 aromatic carbocycles. The van der Waals surface area contributed by atoms with Crippen LogP contribution >= 0.6 is 11.3 Å². The predicted molar refractivity (Wildman–Crippen MR) is 136 cm³/mol. The van der Waals surface area contributed by atoms with Crippen LogP contribution in [0.4, 0.5) is 30.7 Å². The maximum absolute atomic E-state index is 13.6. The first kappa shape index (κ1) is 30.5. The summed E-state index contributed by atoms with van der Waals surface area (Å²) in [5.41, 5.74) is -3.52. The highest BCUT2D eigenvalue weighted by Crippen LogP contribution is 2.36. The number of halogens is 7. The molecule has 4 rings (SSSR count). The van der Waals surface area contributed by atoms with Crippen molar-refractivity contribution in [1.82, 2.24) is 9.80 Å². The van der Waals surface area contributed by atoms with Gasteiger partial charge in [0.2, 0.25) is 5.91 Å². The molecule has 0 bridgehead atoms. The fourth-order valence-electron chi connectivity index (χ4n) is 4.41. The quantitative estimate of drug-likeness (QED) is 0.254. The lowest BCUT2D eigenvalue weighted by atomic mass is 10.0. The van der Waals surface area contributed by atoms with E-state index in [-0.39, 0.29) is 25.7 Å². The van der Waals surface area contributed by atoms with Crippen LogP contribution in [0.3, 0.4) is 0 Å². The Morgan fingerprint density at radius 3 is 2.10 bits per heavy atom. The summed E-state index contributed by atoms with van der Waals surface area (Å²) in [6.45, 7) is -0.301. The maximum atomic E-state index is 13.6. The van der Waals surface area contributed by atoms with Crippen LogP contribution in [0.5, 0.6) is 0 Å². The largest absolute Gasteiger partial charge is 0.416 e. The summed E-state index contributed by atoms with van der Waals surface area (Å²) < 4.78 is 99.7. The normalized spacial score (nSPS) is 15.6. The van der Waals surface area contributed by atoms with Crippen LogP contribution in [-0.2, 0) is 35.0 Å². The molecule has 1 aliphatic rings. The summed E-state index contributed by atoms with van der Waals surface area (Å²) in [4.78, 5) is 30.2. The van der Waals surface area contributed by atoms with Gasteiger partial charge in [-0.05, 0) is 60.2 Å². The van der Waals surface area contributed by atoms with Crippen LogP contribution in [0.25, 0.3) is 0 Å². The topological polar surface area (TPSA) is 49.9 Å². The smallest absolute Gasteiger partial charge is 0.376 e. The van der Waals surface area contributed by atoms with Crippen molar-refractivity contribution in [3.05, 3.63) is 92.9 Å². The van der Waals surface area contributed by atoms with E-state index in [1.807, 2.05) is 0 Å². The van der Waals surface area contributed by atoms with Crippen molar-refractivity contribution in [3.63, 3.8) is 0 Å². The zero-order chi connectivity index (χ0) is 29.8. The van der Waals surface area contributed by atoms with Crippen molar-refractivity contribution in [2.24, 2.45) is 0 Å². The van der Waals surface area contributed by atoms with E-state index >= 15 is 0 Å². The van der Waals surface area contributed by atoms with E-state index in [0.29, 0.717) is 37.1 Å². The van der Waals surface area contributed by atoms with Gasteiger partial charge in [-0.3, -0.25) is 9.59 Å². The summed E-state index contributed by atoms with van der Waals surface area (Å²) in [5.74, 6) is -2.24. The van der Waals surface area contributed by atoms with E-state index in [1.165, 1.54) is 40.5 Å². The molecule has 0 N–H and O–H groups in total. The van der Waals surface area contributed by atoms with Gasteiger partial charge >= 0.3 is 12.4 Å². The number of carbonyl (C=O) groups excluding carboxylic acids is 2. The van der Waals surface area contributed by atoms with E-state index in [2.05, 4.69) is 0 Å². The Kier molecular flexibility index (Phi) is 9.37. The minimum absolute atomic E-state index is 0.0285. The predicted octanol–water partition coefficient (Wildman–Crippen LogP) is 6.78. The molecule has 1 saturated heterocycles. The van der Waals surface area contributed by atoms with Gasteiger partial charge in [-0.15, -0.1) is 11.3 Å². The molecule has 41 heavy (non-hydrogen) atoms. The summed E-state index contributed by atoms with van der Waals surface area (Å²) in [6, 6.07) is 9.63. The third kappa shape index (κ3) is 8.29. The van der Waals surface area contributed by atoms with Crippen LogP contribution in [0.2, 0.25) is 0 Å². The Bertz CT molecular complexity index is 1300. The van der Waals surface area contributed by atoms with Gasteiger partial charge < -0.3 is 14.5 Å². The highest BCUT2D eigenvalue weighted by Gasteiger charge is 2.38. The number of amides is 2. The number of hydrogen-bond donors (Lipinski definition) is 0. The van der Waals surface area contributed by atoms with Crippen molar-refractivity contribution >= 4 is 23.2 Å². The molecule has 1 atom stereocenters. The highest BCUT2D eigenvalue weighted by molar-refractivity contribution is 7.09. The Hall–Kier alpha value is -3.45. The van der Waals surface area contributed by atoms with Gasteiger partial charge in [0.05, 0.1) is 23.8 Å². The number of hydrogen-bond acceptors (Lipinski definition) is 4. The number of nitrogens with zero attached hydrogens (tertiary/aromatic N) is 2. The van der Waals surface area contributed by atoms with Crippen LogP contribution in [0.15, 0.2) is 60.0 Å². The Morgan fingerprint density at radius 1 is 0.902 bits per heavy atom. The molecule has 3 aromatic rings. The van der Waals surface area contributed by atoms with E-state index < -0.39 is 59.3 Å². The number of ether oxygens (including phenoxy) is 1. The average Bonchev–Trinajstić information content (AvgIpc) is 3.62. The van der Waals surface area contributed by atoms with Crippen molar-refractivity contribution in [3.8, 4) is 0 Å². The third-order valence-corrected chi connectivity index (χ3v) is 7.32. The fraction of sp³-hybridized carbons (Fsp3) is 0.357. The van der Waals surface area contributed by atoms with Crippen molar-refractivity contribution < 1.29 is 45.1 Å². The number of thiophene rings is 1. The first-order valence-electron chi connectivity index (χ1n) is 12.5. The van der Waals surface area contributed by atoms with Gasteiger partial charge in [0, 0.05) is 30.1 Å². The first-order chi connectivity index (χ1) is 19.3. The third-order valence-electron chi connectivity index (χ3n) is 6.46. The molecule has 0 saturated carbocycles. The molecule has 2 heterocycles. The molecule has 2 amide bonds. The Morgan fingerprint density at radius 2 is 1.56 bits per heavy atom. The minimum atomic E-state index is -5.14. The second kappa shape index (κ2) is 12.6. The number of carbonyl (C=O) groups is 2. The lowest BCUT2D eigenvalue weighted by Crippen LogP contribution is -2.45. The van der Waals surface area contributed by atoms with Gasteiger partial charge in [-0.2, -0.15) is 26.3 Å². The molecule has 5 nitrogen and oxygen atoms in total. The van der Waals surface area contributed by atoms with Crippen LogP contribution < -0.4 is 0 Å². The molecule has 0 spiro atoms.